The average Bonchev–Trinajstić information content (AvgIpc) is 3.38. The molecule has 0 saturated carbocycles. The molecular formula is C56H60O13. The van der Waals surface area contributed by atoms with Gasteiger partial charge in [-0.3, -0.25) is 4.79 Å². The van der Waals surface area contributed by atoms with Gasteiger partial charge in [-0.1, -0.05) is 182 Å². The molecule has 2 saturated heterocycles. The summed E-state index contributed by atoms with van der Waals surface area (Å²) in [5.41, 5.74) is 5.14. The van der Waals surface area contributed by atoms with Crippen LogP contribution in [0, 0.1) is 0 Å². The van der Waals surface area contributed by atoms with Crippen molar-refractivity contribution < 1.29 is 62.4 Å². The van der Waals surface area contributed by atoms with E-state index < -0.39 is 73.7 Å². The molecule has 362 valence electrons. The highest BCUT2D eigenvalue weighted by molar-refractivity contribution is 5.65. The zero-order valence-electron chi connectivity index (χ0n) is 38.6. The van der Waals surface area contributed by atoms with Gasteiger partial charge in [0.1, 0.15) is 49.3 Å². The van der Waals surface area contributed by atoms with Crippen LogP contribution in [0.5, 0.6) is 0 Å². The van der Waals surface area contributed by atoms with Crippen molar-refractivity contribution >= 4 is 5.97 Å². The minimum Gasteiger partial charge on any atom is -0.463 e. The first kappa shape index (κ1) is 49.8. The molecule has 6 aromatic carbocycles. The van der Waals surface area contributed by atoms with Crippen LogP contribution in [0.4, 0.5) is 0 Å². The summed E-state index contributed by atoms with van der Waals surface area (Å²) in [4.78, 5) is 12.3. The molecule has 2 fully saturated rings. The summed E-state index contributed by atoms with van der Waals surface area (Å²) >= 11 is 0. The first-order valence-corrected chi connectivity index (χ1v) is 23.3. The first-order chi connectivity index (χ1) is 33.8. The lowest BCUT2D eigenvalue weighted by atomic mass is 9.94. The number of esters is 1. The van der Waals surface area contributed by atoms with E-state index in [1.807, 2.05) is 182 Å². The Kier molecular flexibility index (Phi) is 18.2. The van der Waals surface area contributed by atoms with Crippen molar-refractivity contribution in [3.8, 4) is 0 Å². The van der Waals surface area contributed by atoms with Gasteiger partial charge >= 0.3 is 11.9 Å². The fourth-order valence-corrected chi connectivity index (χ4v) is 8.29. The van der Waals surface area contributed by atoms with Crippen molar-refractivity contribution in [1.82, 2.24) is 0 Å². The molecular weight excluding hydrogens is 881 g/mol. The van der Waals surface area contributed by atoms with E-state index in [-0.39, 0.29) is 46.2 Å². The highest BCUT2D eigenvalue weighted by Crippen LogP contribution is 2.40. The van der Waals surface area contributed by atoms with Crippen molar-refractivity contribution in [2.45, 2.75) is 108 Å². The third kappa shape index (κ3) is 14.2. The molecule has 2 heterocycles. The molecule has 6 aromatic rings. The zero-order valence-corrected chi connectivity index (χ0v) is 38.6. The molecule has 0 aliphatic carbocycles. The Morgan fingerprint density at radius 3 is 1.32 bits per heavy atom. The van der Waals surface area contributed by atoms with E-state index in [4.69, 9.17) is 47.4 Å². The molecule has 0 spiro atoms. The number of aliphatic hydroxyl groups excluding tert-OH is 1. The maximum absolute atomic E-state index is 13.3. The molecule has 0 amide bonds. The monoisotopic (exact) mass is 940 g/mol. The van der Waals surface area contributed by atoms with Gasteiger partial charge in [0.25, 0.3) is 0 Å². The molecule has 2 N–H and O–H groups in total. The van der Waals surface area contributed by atoms with Gasteiger partial charge < -0.3 is 57.6 Å². The number of benzene rings is 6. The first-order valence-electron chi connectivity index (χ1n) is 23.3. The van der Waals surface area contributed by atoms with Gasteiger partial charge in [0, 0.05) is 6.92 Å². The molecule has 0 radical (unpaired) electrons. The Hall–Kier alpha value is -5.65. The molecule has 8 rings (SSSR count). The van der Waals surface area contributed by atoms with Crippen LogP contribution in [-0.2, 0) is 91.8 Å². The lowest BCUT2D eigenvalue weighted by Gasteiger charge is -2.52. The number of hydrogen-bond donors (Lipinski definition) is 2. The highest BCUT2D eigenvalue weighted by Gasteiger charge is 2.61. The summed E-state index contributed by atoms with van der Waals surface area (Å²) in [6.45, 7) is 1.34. The molecule has 0 aromatic heterocycles. The molecule has 69 heavy (non-hydrogen) atoms. The lowest BCUT2D eigenvalue weighted by molar-refractivity contribution is -0.482. The minimum atomic E-state index is -2.73. The smallest absolute Gasteiger partial charge is 0.312 e. The SMILES string of the molecule is CC(=O)OC[C@@H]1O[C@@](O)(O[C@H]2[C@H](OCc3ccccc3)[C@@H](OCc3ccccc3)[C@H](OCc3ccccc3)O[C@@H]2COCc2ccccc2)[C@@H](OCc2ccccc2)[C@H](OCc2ccccc2)[C@@H]1O. The topological polar surface area (TPSA) is 150 Å². The molecule has 10 atom stereocenters. The number of carbonyl (C=O) groups is 1. The maximum atomic E-state index is 13.3. The molecule has 13 heteroatoms. The van der Waals surface area contributed by atoms with Gasteiger partial charge in [-0.2, -0.15) is 0 Å². The molecule has 2 aliphatic heterocycles. The summed E-state index contributed by atoms with van der Waals surface area (Å²) in [6.07, 6.45) is -11.0. The van der Waals surface area contributed by atoms with Gasteiger partial charge in [0.2, 0.25) is 0 Å². The predicted octanol–water partition coefficient (Wildman–Crippen LogP) is 7.84. The van der Waals surface area contributed by atoms with E-state index >= 15 is 0 Å². The summed E-state index contributed by atoms with van der Waals surface area (Å²) in [5, 5.41) is 25.4. The van der Waals surface area contributed by atoms with Crippen LogP contribution < -0.4 is 0 Å². The van der Waals surface area contributed by atoms with E-state index in [0.29, 0.717) is 0 Å². The molecule has 2 aliphatic rings. The second-order valence-corrected chi connectivity index (χ2v) is 17.0. The Morgan fingerprint density at radius 1 is 0.478 bits per heavy atom. The van der Waals surface area contributed by atoms with Crippen LogP contribution in [0.15, 0.2) is 182 Å². The Morgan fingerprint density at radius 2 is 0.870 bits per heavy atom. The van der Waals surface area contributed by atoms with Crippen molar-refractivity contribution in [3.63, 3.8) is 0 Å². The number of rotatable bonds is 23. The fraction of sp³-hybridized carbons (Fsp3) is 0.339. The van der Waals surface area contributed by atoms with E-state index in [2.05, 4.69) is 0 Å². The lowest BCUT2D eigenvalue weighted by Crippen LogP contribution is -2.71. The molecule has 13 nitrogen and oxygen atoms in total. The largest absolute Gasteiger partial charge is 0.463 e. The second kappa shape index (κ2) is 25.3. The second-order valence-electron chi connectivity index (χ2n) is 17.0. The van der Waals surface area contributed by atoms with Crippen molar-refractivity contribution in [2.75, 3.05) is 13.2 Å². The summed E-state index contributed by atoms with van der Waals surface area (Å²) in [5.74, 6) is -3.35. The van der Waals surface area contributed by atoms with Gasteiger partial charge in [-0.05, 0) is 33.4 Å². The van der Waals surface area contributed by atoms with Crippen LogP contribution >= 0.6 is 0 Å². The number of carbonyl (C=O) groups excluding carboxylic acids is 1. The third-order valence-corrected chi connectivity index (χ3v) is 11.8. The number of aliphatic hydroxyl groups is 2. The van der Waals surface area contributed by atoms with Crippen LogP contribution in [0.25, 0.3) is 0 Å². The minimum absolute atomic E-state index is 0.0191. The summed E-state index contributed by atoms with van der Waals surface area (Å²) < 4.78 is 65.7. The van der Waals surface area contributed by atoms with E-state index in [0.717, 1.165) is 33.4 Å². The Bertz CT molecular complexity index is 2380. The number of hydrogen-bond acceptors (Lipinski definition) is 13. The summed E-state index contributed by atoms with van der Waals surface area (Å²) in [7, 11) is 0. The normalized spacial score (nSPS) is 25.8. The van der Waals surface area contributed by atoms with E-state index in [9.17, 15) is 15.0 Å². The van der Waals surface area contributed by atoms with Crippen molar-refractivity contribution in [1.29, 1.82) is 0 Å². The van der Waals surface area contributed by atoms with Gasteiger partial charge in [0.15, 0.2) is 12.4 Å². The predicted molar refractivity (Wildman–Crippen MR) is 253 cm³/mol. The standard InChI is InChI=1S/C56H60O13/c1-40(57)61-39-47-49(58)51(62-33-42-22-10-3-11-23-42)54(65-36-45-28-16-6-17-29-45)56(59,68-47)69-50-48(38-60-32-41-20-8-2-9-21-41)67-55(66-37-46-30-18-7-19-31-46)53(64-35-44-26-14-5-15-27-44)52(50)63-34-43-24-12-4-13-25-43/h2-31,47-55,58-59H,32-39H2,1H3/t47-,48+,49+,50+,51+,52-,53+,54-,55+,56+/m0/s1. The quantitative estimate of drug-likeness (QED) is 0.0475. The van der Waals surface area contributed by atoms with Gasteiger partial charge in [-0.15, -0.1) is 0 Å². The van der Waals surface area contributed by atoms with Crippen LogP contribution in [0.2, 0.25) is 0 Å². The number of ether oxygens (including phenoxy) is 10. The van der Waals surface area contributed by atoms with Gasteiger partial charge in [0.05, 0.1) is 46.2 Å². The Labute approximate surface area is 403 Å². The average molecular weight is 941 g/mol. The Balaban J connectivity index is 1.20. The van der Waals surface area contributed by atoms with Crippen LogP contribution in [0.3, 0.4) is 0 Å². The van der Waals surface area contributed by atoms with E-state index in [1.54, 1.807) is 0 Å². The van der Waals surface area contributed by atoms with Gasteiger partial charge in [-0.25, -0.2) is 0 Å². The fourth-order valence-electron chi connectivity index (χ4n) is 8.29. The van der Waals surface area contributed by atoms with Crippen molar-refractivity contribution in [2.24, 2.45) is 0 Å². The summed E-state index contributed by atoms with van der Waals surface area (Å²) in [6, 6.07) is 57.5. The maximum Gasteiger partial charge on any atom is 0.312 e. The van der Waals surface area contributed by atoms with Crippen LogP contribution in [-0.4, -0.2) is 90.5 Å². The molecule has 0 unspecified atom stereocenters. The van der Waals surface area contributed by atoms with Crippen LogP contribution in [0.1, 0.15) is 40.3 Å². The van der Waals surface area contributed by atoms with Crippen molar-refractivity contribution in [3.05, 3.63) is 215 Å². The van der Waals surface area contributed by atoms with E-state index in [1.165, 1.54) is 6.92 Å². The zero-order chi connectivity index (χ0) is 47.7. The molecule has 0 bridgehead atoms. The third-order valence-electron chi connectivity index (χ3n) is 11.8. The highest BCUT2D eigenvalue weighted by atomic mass is 16.9.